The number of nitrogens with zero attached hydrogens (tertiary/aromatic N) is 1. The number of rotatable bonds is 1. The van der Waals surface area contributed by atoms with Crippen LogP contribution in [-0.2, 0) is 0 Å². The molecule has 0 aliphatic carbocycles. The minimum Gasteiger partial charge on any atom is -0.618 e. The molecule has 3 nitrogen and oxygen atoms in total. The van der Waals surface area contributed by atoms with Gasteiger partial charge in [0.2, 0.25) is 11.9 Å². The first kappa shape index (κ1) is 8.56. The van der Waals surface area contributed by atoms with Crippen LogP contribution in [0, 0.1) is 5.21 Å². The van der Waals surface area contributed by atoms with Gasteiger partial charge in [-0.2, -0.15) is 4.73 Å². The molecule has 0 aliphatic rings. The third-order valence-corrected chi connectivity index (χ3v) is 2.01. The second kappa shape index (κ2) is 3.38. The average molecular weight is 186 g/mol. The highest BCUT2D eigenvalue weighted by Gasteiger charge is 2.06. The molecule has 0 amide bonds. The molecule has 2 N–H and O–H groups in total. The van der Waals surface area contributed by atoms with E-state index in [1.54, 1.807) is 12.1 Å². The quantitative estimate of drug-likeness (QED) is 0.543. The summed E-state index contributed by atoms with van der Waals surface area (Å²) >= 11 is 0. The predicted octanol–water partition coefficient (Wildman–Crippen LogP) is 1.57. The van der Waals surface area contributed by atoms with Crippen LogP contribution in [0.4, 0.5) is 5.69 Å². The van der Waals surface area contributed by atoms with E-state index < -0.39 is 0 Å². The van der Waals surface area contributed by atoms with Gasteiger partial charge in [0.15, 0.2) is 0 Å². The molecule has 0 unspecified atom stereocenters. The second-order valence-corrected chi connectivity index (χ2v) is 3.04. The first-order valence-electron chi connectivity index (χ1n) is 4.31. The van der Waals surface area contributed by atoms with Gasteiger partial charge in [0.25, 0.3) is 0 Å². The molecule has 2 rings (SSSR count). The van der Waals surface area contributed by atoms with Gasteiger partial charge in [-0.1, -0.05) is 18.2 Å². The third kappa shape index (κ3) is 1.52. The van der Waals surface area contributed by atoms with Crippen molar-refractivity contribution in [2.75, 3.05) is 5.73 Å². The molecule has 0 fully saturated rings. The van der Waals surface area contributed by atoms with Crippen LogP contribution in [0.3, 0.4) is 0 Å². The molecule has 0 saturated carbocycles. The monoisotopic (exact) mass is 186 g/mol. The number of benzene rings is 1. The van der Waals surface area contributed by atoms with Crippen LogP contribution in [-0.4, -0.2) is 0 Å². The van der Waals surface area contributed by atoms with Crippen LogP contribution >= 0.6 is 0 Å². The third-order valence-electron chi connectivity index (χ3n) is 2.01. The average Bonchev–Trinajstić information content (AvgIpc) is 2.19. The summed E-state index contributed by atoms with van der Waals surface area (Å²) in [6.45, 7) is 0. The SMILES string of the molecule is Nc1ccc(-c2ccccc2)[n+]([O-])c1. The van der Waals surface area contributed by atoms with Crippen LogP contribution < -0.4 is 10.5 Å². The molecule has 0 aliphatic heterocycles. The Hall–Kier alpha value is -2.03. The summed E-state index contributed by atoms with van der Waals surface area (Å²) in [6.07, 6.45) is 1.36. The molecule has 0 radical (unpaired) electrons. The summed E-state index contributed by atoms with van der Waals surface area (Å²) in [7, 11) is 0. The number of nitrogens with two attached hydrogens (primary N) is 1. The number of nitrogen functional groups attached to an aromatic ring is 1. The molecule has 0 bridgehead atoms. The van der Waals surface area contributed by atoms with Crippen molar-refractivity contribution in [3.8, 4) is 11.3 Å². The van der Waals surface area contributed by atoms with Crippen LogP contribution in [0.15, 0.2) is 48.7 Å². The van der Waals surface area contributed by atoms with E-state index in [9.17, 15) is 5.21 Å². The van der Waals surface area contributed by atoms with E-state index in [0.29, 0.717) is 11.4 Å². The maximum absolute atomic E-state index is 11.5. The summed E-state index contributed by atoms with van der Waals surface area (Å²) in [5.74, 6) is 0. The molecule has 14 heavy (non-hydrogen) atoms. The van der Waals surface area contributed by atoms with Crippen molar-refractivity contribution in [1.82, 2.24) is 0 Å². The van der Waals surface area contributed by atoms with Gasteiger partial charge in [0.1, 0.15) is 0 Å². The molecule has 1 aromatic carbocycles. The highest BCUT2D eigenvalue weighted by molar-refractivity contribution is 5.57. The lowest BCUT2D eigenvalue weighted by Gasteiger charge is -2.04. The van der Waals surface area contributed by atoms with Gasteiger partial charge in [-0.25, -0.2) is 0 Å². The number of hydrogen-bond acceptors (Lipinski definition) is 2. The molecular weight excluding hydrogens is 176 g/mol. The molecule has 1 aromatic heterocycles. The van der Waals surface area contributed by atoms with E-state index in [2.05, 4.69) is 0 Å². The lowest BCUT2D eigenvalue weighted by molar-refractivity contribution is -0.592. The Bertz CT molecular complexity index is 440. The van der Waals surface area contributed by atoms with Crippen LogP contribution in [0.1, 0.15) is 0 Å². The van der Waals surface area contributed by atoms with Gasteiger partial charge in [0, 0.05) is 11.6 Å². The van der Waals surface area contributed by atoms with E-state index in [1.165, 1.54) is 6.20 Å². The van der Waals surface area contributed by atoms with Gasteiger partial charge < -0.3 is 10.9 Å². The summed E-state index contributed by atoms with van der Waals surface area (Å²) in [4.78, 5) is 0. The van der Waals surface area contributed by atoms with Crippen molar-refractivity contribution >= 4 is 5.69 Å². The van der Waals surface area contributed by atoms with Crippen LogP contribution in [0.2, 0.25) is 0 Å². The minimum atomic E-state index is 0.472. The topological polar surface area (TPSA) is 53.0 Å². The molecule has 70 valence electrons. The van der Waals surface area contributed by atoms with Gasteiger partial charge >= 0.3 is 0 Å². The van der Waals surface area contributed by atoms with Crippen molar-refractivity contribution in [2.45, 2.75) is 0 Å². The zero-order valence-corrected chi connectivity index (χ0v) is 7.55. The van der Waals surface area contributed by atoms with E-state index in [-0.39, 0.29) is 0 Å². The highest BCUT2D eigenvalue weighted by Crippen LogP contribution is 2.14. The molecule has 0 spiro atoms. The summed E-state index contributed by atoms with van der Waals surface area (Å²) in [6, 6.07) is 12.9. The zero-order valence-electron chi connectivity index (χ0n) is 7.55. The second-order valence-electron chi connectivity index (χ2n) is 3.04. The van der Waals surface area contributed by atoms with Crippen molar-refractivity contribution in [1.29, 1.82) is 0 Å². The lowest BCUT2D eigenvalue weighted by Crippen LogP contribution is -2.28. The Balaban J connectivity index is 2.53. The fourth-order valence-electron chi connectivity index (χ4n) is 1.33. The minimum absolute atomic E-state index is 0.472. The first-order valence-corrected chi connectivity index (χ1v) is 4.31. The van der Waals surface area contributed by atoms with E-state index in [4.69, 9.17) is 5.73 Å². The van der Waals surface area contributed by atoms with E-state index in [0.717, 1.165) is 10.3 Å². The zero-order chi connectivity index (χ0) is 9.97. The Kier molecular flexibility index (Phi) is 2.07. The molecular formula is C11H10N2O. The van der Waals surface area contributed by atoms with Crippen LogP contribution in [0.25, 0.3) is 11.3 Å². The normalized spacial score (nSPS) is 10.0. The van der Waals surface area contributed by atoms with Crippen molar-refractivity contribution in [3.63, 3.8) is 0 Å². The van der Waals surface area contributed by atoms with E-state index in [1.807, 2.05) is 30.3 Å². The summed E-state index contributed by atoms with van der Waals surface area (Å²) < 4.78 is 0.782. The largest absolute Gasteiger partial charge is 0.618 e. The van der Waals surface area contributed by atoms with Crippen LogP contribution in [0.5, 0.6) is 0 Å². The predicted molar refractivity (Wildman–Crippen MR) is 55.3 cm³/mol. The number of anilines is 1. The Morgan fingerprint density at radius 2 is 1.71 bits per heavy atom. The highest BCUT2D eigenvalue weighted by atomic mass is 16.5. The fourth-order valence-corrected chi connectivity index (χ4v) is 1.33. The number of hydrogen-bond donors (Lipinski definition) is 1. The van der Waals surface area contributed by atoms with Crippen molar-refractivity contribution < 1.29 is 4.73 Å². The molecule has 2 aromatic rings. The Labute approximate surface area is 82.0 Å². The fraction of sp³-hybridized carbons (Fsp3) is 0. The van der Waals surface area contributed by atoms with Gasteiger partial charge in [0.05, 0.1) is 5.69 Å². The summed E-state index contributed by atoms with van der Waals surface area (Å²) in [5.41, 5.74) is 7.46. The molecule has 0 saturated heterocycles. The van der Waals surface area contributed by atoms with Crippen molar-refractivity contribution in [3.05, 3.63) is 53.9 Å². The maximum Gasteiger partial charge on any atom is 0.223 e. The number of pyridine rings is 1. The molecule has 3 heteroatoms. The summed E-state index contributed by atoms with van der Waals surface area (Å²) in [5, 5.41) is 11.5. The molecule has 0 atom stereocenters. The van der Waals surface area contributed by atoms with E-state index >= 15 is 0 Å². The maximum atomic E-state index is 11.5. The van der Waals surface area contributed by atoms with Gasteiger partial charge in [-0.15, -0.1) is 0 Å². The Morgan fingerprint density at radius 1 is 1.00 bits per heavy atom. The Morgan fingerprint density at radius 3 is 2.36 bits per heavy atom. The van der Waals surface area contributed by atoms with Gasteiger partial charge in [-0.05, 0) is 18.2 Å². The van der Waals surface area contributed by atoms with Crippen molar-refractivity contribution in [2.24, 2.45) is 0 Å². The molecule has 1 heterocycles. The smallest absolute Gasteiger partial charge is 0.223 e. The standard InChI is InChI=1S/C11H10N2O/c12-10-6-7-11(13(14)8-10)9-4-2-1-3-5-9/h1-8H,12H2. The lowest BCUT2D eigenvalue weighted by atomic mass is 10.1. The van der Waals surface area contributed by atoms with Gasteiger partial charge in [-0.3, -0.25) is 0 Å². The first-order chi connectivity index (χ1) is 6.77. The number of aromatic nitrogens is 1.